The van der Waals surface area contributed by atoms with Crippen molar-refractivity contribution in [2.75, 3.05) is 13.1 Å². The fourth-order valence-electron chi connectivity index (χ4n) is 2.76. The highest BCUT2D eigenvalue weighted by atomic mass is 127. The summed E-state index contributed by atoms with van der Waals surface area (Å²) in [6, 6.07) is 7.86. The number of allylic oxidation sites excluding steroid dienone is 1. The zero-order chi connectivity index (χ0) is 17.8. The van der Waals surface area contributed by atoms with E-state index in [0.29, 0.717) is 0 Å². The molecule has 25 heavy (non-hydrogen) atoms. The highest BCUT2D eigenvalue weighted by Gasteiger charge is 2.30. The molecule has 6 nitrogen and oxygen atoms in total. The summed E-state index contributed by atoms with van der Waals surface area (Å²) in [6.07, 6.45) is 5.75. The number of likely N-dealkylation sites (tertiary alicyclic amines) is 1. The molecular weight excluding hydrogens is 431 g/mol. The highest BCUT2D eigenvalue weighted by Crippen LogP contribution is 2.24. The molecule has 0 aliphatic carbocycles. The summed E-state index contributed by atoms with van der Waals surface area (Å²) >= 11 is 1.74. The van der Waals surface area contributed by atoms with Crippen molar-refractivity contribution in [1.82, 2.24) is 10.2 Å². The van der Waals surface area contributed by atoms with Crippen molar-refractivity contribution in [2.24, 2.45) is 15.9 Å². The highest BCUT2D eigenvalue weighted by molar-refractivity contribution is 14.1. The summed E-state index contributed by atoms with van der Waals surface area (Å²) in [5, 5.41) is 2.86. The van der Waals surface area contributed by atoms with Crippen LogP contribution in [0.1, 0.15) is 25.5 Å². The number of hydrogen-bond donors (Lipinski definition) is 1. The van der Waals surface area contributed by atoms with Gasteiger partial charge in [0.05, 0.1) is 19.1 Å². The number of carbonyl (C=O) groups excluding carboxylic acids is 1. The monoisotopic (exact) mass is 452 g/mol. The van der Waals surface area contributed by atoms with E-state index in [1.165, 1.54) is 0 Å². The fraction of sp³-hybridized carbons (Fsp3) is 0.389. The van der Waals surface area contributed by atoms with E-state index in [2.05, 4.69) is 33.2 Å². The van der Waals surface area contributed by atoms with Gasteiger partial charge in [-0.05, 0) is 30.7 Å². The minimum Gasteiger partial charge on any atom is -0.487 e. The van der Waals surface area contributed by atoms with Gasteiger partial charge in [-0.25, -0.2) is 9.98 Å². The van der Waals surface area contributed by atoms with Gasteiger partial charge in [0.2, 0.25) is 0 Å². The molecule has 132 valence electrons. The molecule has 1 unspecified atom stereocenters. The topological polar surface area (TPSA) is 66.3 Å². The molecule has 7 heteroatoms. The maximum Gasteiger partial charge on any atom is 0.281 e. The van der Waals surface area contributed by atoms with Gasteiger partial charge in [-0.2, -0.15) is 0 Å². The Hall–Kier alpha value is -1.90. The van der Waals surface area contributed by atoms with Gasteiger partial charge in [0.1, 0.15) is 24.0 Å². The second-order valence-corrected chi connectivity index (χ2v) is 7.26. The van der Waals surface area contributed by atoms with Crippen LogP contribution in [-0.2, 0) is 0 Å². The summed E-state index contributed by atoms with van der Waals surface area (Å²) < 4.78 is 5.94. The average molecular weight is 452 g/mol. The van der Waals surface area contributed by atoms with E-state index < -0.39 is 0 Å². The number of halogens is 1. The minimum atomic E-state index is -0.0600. The Morgan fingerprint density at radius 3 is 2.76 bits per heavy atom. The second-order valence-electron chi connectivity index (χ2n) is 6.28. The molecule has 1 aromatic carbocycles. The van der Waals surface area contributed by atoms with Crippen LogP contribution in [0.25, 0.3) is 0 Å². The maximum absolute atomic E-state index is 11.1. The lowest BCUT2D eigenvalue weighted by atomic mass is 10.1. The number of benzene rings is 1. The zero-order valence-corrected chi connectivity index (χ0v) is 16.4. The lowest BCUT2D eigenvalue weighted by Crippen LogP contribution is -2.52. The smallest absolute Gasteiger partial charge is 0.281 e. The average Bonchev–Trinajstić information content (AvgIpc) is 2.74. The molecule has 0 saturated carbocycles. The van der Waals surface area contributed by atoms with Crippen molar-refractivity contribution in [3.8, 4) is 5.75 Å². The first-order valence-electron chi connectivity index (χ1n) is 8.26. The first-order valence-corrected chi connectivity index (χ1v) is 9.34. The number of amides is 1. The van der Waals surface area contributed by atoms with Gasteiger partial charge >= 0.3 is 0 Å². The van der Waals surface area contributed by atoms with E-state index in [1.807, 2.05) is 37.4 Å². The third-order valence-corrected chi connectivity index (χ3v) is 4.49. The molecule has 0 radical (unpaired) electrons. The molecule has 1 fully saturated rings. The van der Waals surface area contributed by atoms with Crippen LogP contribution in [0.15, 0.2) is 46.1 Å². The SMILES string of the molecule is CC1C=NC=NC(N2CC(Oc3ccc([C@H](C)NC(=O)I)cc3)C2)=C1. The van der Waals surface area contributed by atoms with Crippen LogP contribution in [0.5, 0.6) is 5.75 Å². The molecule has 0 bridgehead atoms. The molecule has 1 saturated heterocycles. The van der Waals surface area contributed by atoms with Gasteiger partial charge in [-0.15, -0.1) is 0 Å². The summed E-state index contributed by atoms with van der Waals surface area (Å²) in [7, 11) is 0. The van der Waals surface area contributed by atoms with Gasteiger partial charge in [-0.1, -0.05) is 19.1 Å². The van der Waals surface area contributed by atoms with Crippen LogP contribution < -0.4 is 10.1 Å². The number of hydrogen-bond acceptors (Lipinski definition) is 5. The predicted octanol–water partition coefficient (Wildman–Crippen LogP) is 3.55. The van der Waals surface area contributed by atoms with Gasteiger partial charge in [0, 0.05) is 34.7 Å². The van der Waals surface area contributed by atoms with Crippen molar-refractivity contribution >= 4 is 39.1 Å². The molecular formula is C18H21IN4O2. The third kappa shape index (κ3) is 4.81. The molecule has 2 aliphatic heterocycles. The normalized spacial score (nSPS) is 21.2. The molecule has 2 aliphatic rings. The Balaban J connectivity index is 1.51. The molecule has 0 aromatic heterocycles. The van der Waals surface area contributed by atoms with Crippen molar-refractivity contribution in [3.05, 3.63) is 41.7 Å². The van der Waals surface area contributed by atoms with Gasteiger partial charge in [0.15, 0.2) is 0 Å². The molecule has 1 aromatic rings. The molecule has 2 atom stereocenters. The Labute approximate surface area is 161 Å². The molecule has 1 N–H and O–H groups in total. The van der Waals surface area contributed by atoms with E-state index in [9.17, 15) is 4.79 Å². The standard InChI is InChI=1S/C18H21IN4O2/c1-12-7-17(21-11-20-8-12)23-9-16(10-23)25-15-5-3-14(4-6-15)13(2)22-18(19)24/h3-8,11-13,16H,9-10H2,1-2H3,(H,22,24)/t12?,13-/m0/s1. The van der Waals surface area contributed by atoms with E-state index in [4.69, 9.17) is 4.74 Å². The molecule has 1 amide bonds. The molecule has 0 spiro atoms. The lowest BCUT2D eigenvalue weighted by molar-refractivity contribution is 0.0431. The fourth-order valence-corrected chi connectivity index (χ4v) is 3.22. The van der Waals surface area contributed by atoms with Crippen LogP contribution >= 0.6 is 22.6 Å². The quantitative estimate of drug-likeness (QED) is 0.422. The Bertz CT molecular complexity index is 708. The number of nitrogens with one attached hydrogen (secondary N) is 1. The Kier molecular flexibility index (Phi) is 5.72. The number of rotatable bonds is 5. The van der Waals surface area contributed by atoms with Crippen LogP contribution in [0.4, 0.5) is 4.79 Å². The zero-order valence-electron chi connectivity index (χ0n) is 14.2. The van der Waals surface area contributed by atoms with E-state index >= 15 is 0 Å². The van der Waals surface area contributed by atoms with Crippen molar-refractivity contribution in [1.29, 1.82) is 0 Å². The Morgan fingerprint density at radius 2 is 2.08 bits per heavy atom. The predicted molar refractivity (Wildman–Crippen MR) is 108 cm³/mol. The van der Waals surface area contributed by atoms with Crippen molar-refractivity contribution < 1.29 is 9.53 Å². The maximum atomic E-state index is 11.1. The van der Waals surface area contributed by atoms with E-state index in [1.54, 1.807) is 28.9 Å². The molecule has 2 heterocycles. The van der Waals surface area contributed by atoms with Gasteiger partial charge in [0.25, 0.3) is 3.91 Å². The number of ether oxygens (including phenoxy) is 1. The number of aliphatic imine (C=N–C) groups is 2. The van der Waals surface area contributed by atoms with E-state index in [0.717, 1.165) is 30.2 Å². The van der Waals surface area contributed by atoms with Crippen LogP contribution in [-0.4, -0.2) is 40.6 Å². The lowest BCUT2D eigenvalue weighted by Gasteiger charge is -2.40. The third-order valence-electron chi connectivity index (χ3n) is 4.17. The first-order chi connectivity index (χ1) is 12.0. The van der Waals surface area contributed by atoms with Gasteiger partial charge < -0.3 is 15.0 Å². The van der Waals surface area contributed by atoms with Crippen LogP contribution in [0, 0.1) is 5.92 Å². The number of carbonyl (C=O) groups is 1. The summed E-state index contributed by atoms with van der Waals surface area (Å²) in [6.45, 7) is 5.69. The van der Waals surface area contributed by atoms with Crippen molar-refractivity contribution in [2.45, 2.75) is 26.0 Å². The number of nitrogens with zero attached hydrogens (tertiary/aromatic N) is 3. The summed E-state index contributed by atoms with van der Waals surface area (Å²) in [4.78, 5) is 21.8. The minimum absolute atomic E-state index is 0.0121. The molecule has 3 rings (SSSR count). The van der Waals surface area contributed by atoms with Crippen LogP contribution in [0.3, 0.4) is 0 Å². The largest absolute Gasteiger partial charge is 0.487 e. The van der Waals surface area contributed by atoms with E-state index in [-0.39, 0.29) is 22.0 Å². The Morgan fingerprint density at radius 1 is 1.36 bits per heavy atom. The summed E-state index contributed by atoms with van der Waals surface area (Å²) in [5.74, 6) is 2.09. The van der Waals surface area contributed by atoms with Crippen LogP contribution in [0.2, 0.25) is 0 Å². The van der Waals surface area contributed by atoms with Gasteiger partial charge in [-0.3, -0.25) is 4.79 Å². The second kappa shape index (κ2) is 7.99. The first kappa shape index (κ1) is 17.9. The summed E-state index contributed by atoms with van der Waals surface area (Å²) in [5.41, 5.74) is 1.06. The van der Waals surface area contributed by atoms with Crippen molar-refractivity contribution in [3.63, 3.8) is 0 Å².